The number of aromatic nitrogens is 2. The molecule has 170 valence electrons. The summed E-state index contributed by atoms with van der Waals surface area (Å²) >= 11 is 1.64. The van der Waals surface area contributed by atoms with Crippen LogP contribution in [0.15, 0.2) is 59.8 Å². The van der Waals surface area contributed by atoms with E-state index in [4.69, 9.17) is 4.98 Å². The van der Waals surface area contributed by atoms with Crippen LogP contribution in [0, 0.1) is 0 Å². The van der Waals surface area contributed by atoms with Crippen molar-refractivity contribution in [3.05, 3.63) is 60.2 Å². The number of carbonyl (C=O) groups excluding carboxylic acids is 1. The molecule has 0 radical (unpaired) electrons. The van der Waals surface area contributed by atoms with E-state index in [1.165, 1.54) is 4.31 Å². The topological polar surface area (TPSA) is 75.5 Å². The first-order valence-corrected chi connectivity index (χ1v) is 13.2. The number of hydrogen-bond acceptors (Lipinski definition) is 5. The lowest BCUT2D eigenvalue weighted by molar-refractivity contribution is -0.133. The third kappa shape index (κ3) is 5.16. The summed E-state index contributed by atoms with van der Waals surface area (Å²) in [5.41, 5.74) is 2.58. The molecule has 0 bridgehead atoms. The monoisotopic (exact) mass is 472 g/mol. The van der Waals surface area contributed by atoms with Crippen molar-refractivity contribution in [3.8, 4) is 0 Å². The molecule has 4 rings (SSSR count). The summed E-state index contributed by atoms with van der Waals surface area (Å²) in [4.78, 5) is 19.6. The molecule has 1 amide bonds. The lowest BCUT2D eigenvalue weighted by Gasteiger charge is -2.34. The van der Waals surface area contributed by atoms with E-state index >= 15 is 0 Å². The van der Waals surface area contributed by atoms with Gasteiger partial charge in [-0.15, -0.1) is 0 Å². The maximum absolute atomic E-state index is 13.1. The Morgan fingerprint density at radius 3 is 2.34 bits per heavy atom. The summed E-state index contributed by atoms with van der Waals surface area (Å²) in [6, 6.07) is 17.0. The Balaban J connectivity index is 1.42. The summed E-state index contributed by atoms with van der Waals surface area (Å²) in [7, 11) is -3.41. The molecule has 1 aromatic heterocycles. The Morgan fingerprint density at radius 2 is 1.66 bits per heavy atom. The van der Waals surface area contributed by atoms with Gasteiger partial charge in [0.25, 0.3) is 0 Å². The number of piperazine rings is 1. The molecule has 32 heavy (non-hydrogen) atoms. The zero-order valence-corrected chi connectivity index (χ0v) is 20.0. The van der Waals surface area contributed by atoms with Gasteiger partial charge in [0.2, 0.25) is 15.9 Å². The molecule has 1 aliphatic rings. The Bertz CT molecular complexity index is 1180. The van der Waals surface area contributed by atoms with E-state index < -0.39 is 10.0 Å². The molecule has 3 aromatic rings. The molecule has 0 spiro atoms. The number of carbonyl (C=O) groups is 1. The molecule has 0 N–H and O–H groups in total. The minimum absolute atomic E-state index is 0.0149. The van der Waals surface area contributed by atoms with Crippen LogP contribution in [0.25, 0.3) is 11.0 Å². The molecule has 7 nitrogen and oxygen atoms in total. The molecule has 0 aliphatic carbocycles. The molecule has 2 heterocycles. The summed E-state index contributed by atoms with van der Waals surface area (Å²) in [6.45, 7) is 5.83. The van der Waals surface area contributed by atoms with Crippen molar-refractivity contribution in [2.24, 2.45) is 0 Å². The van der Waals surface area contributed by atoms with E-state index in [1.807, 2.05) is 59.2 Å². The van der Waals surface area contributed by atoms with Crippen molar-refractivity contribution in [1.82, 2.24) is 18.8 Å². The largest absolute Gasteiger partial charge is 0.339 e. The molecule has 0 saturated carbocycles. The van der Waals surface area contributed by atoms with Crippen molar-refractivity contribution in [2.45, 2.75) is 36.6 Å². The van der Waals surface area contributed by atoms with Gasteiger partial charge in [-0.05, 0) is 17.7 Å². The van der Waals surface area contributed by atoms with Crippen molar-refractivity contribution in [2.75, 3.05) is 26.2 Å². The van der Waals surface area contributed by atoms with Gasteiger partial charge in [0, 0.05) is 31.4 Å². The second kappa shape index (κ2) is 9.64. The molecule has 1 aliphatic heterocycles. The first-order chi connectivity index (χ1) is 15.3. The fourth-order valence-electron chi connectivity index (χ4n) is 3.83. The number of amides is 1. The highest BCUT2D eigenvalue weighted by Gasteiger charge is 2.29. The molecule has 2 aromatic carbocycles. The average Bonchev–Trinajstić information content (AvgIpc) is 3.10. The standard InChI is InChI=1S/C23H28N4O3S2/c1-18(2)31-23-24-20-10-6-7-11-21(20)27(23)16-22(28)25-12-14-26(15-13-25)32(29,30)17-19-8-4-3-5-9-19/h3-11,18H,12-17H2,1-2H3. The number of para-hydroxylation sites is 2. The number of thioether (sulfide) groups is 1. The van der Waals surface area contributed by atoms with Gasteiger partial charge >= 0.3 is 0 Å². The quantitative estimate of drug-likeness (QED) is 0.494. The Morgan fingerprint density at radius 1 is 1.00 bits per heavy atom. The number of sulfonamides is 1. The Hall–Kier alpha value is -2.36. The van der Waals surface area contributed by atoms with E-state index in [0.29, 0.717) is 31.4 Å². The molecule has 1 fully saturated rings. The lowest BCUT2D eigenvalue weighted by Crippen LogP contribution is -2.51. The molecule has 0 unspecified atom stereocenters. The van der Waals surface area contributed by atoms with E-state index in [-0.39, 0.29) is 18.2 Å². The predicted molar refractivity (Wildman–Crippen MR) is 128 cm³/mol. The fraction of sp³-hybridized carbons (Fsp3) is 0.391. The SMILES string of the molecule is CC(C)Sc1nc2ccccc2n1CC(=O)N1CCN(S(=O)(=O)Cc2ccccc2)CC1. The maximum atomic E-state index is 13.1. The van der Waals surface area contributed by atoms with Crippen molar-refractivity contribution in [1.29, 1.82) is 0 Å². The van der Waals surface area contributed by atoms with Crippen LogP contribution in [0.2, 0.25) is 0 Å². The Labute approximate surface area is 193 Å². The maximum Gasteiger partial charge on any atom is 0.242 e. The number of imidazole rings is 1. The number of rotatable bonds is 7. The number of fused-ring (bicyclic) bond motifs is 1. The van der Waals surface area contributed by atoms with E-state index in [9.17, 15) is 13.2 Å². The first-order valence-electron chi connectivity index (χ1n) is 10.7. The van der Waals surface area contributed by atoms with Gasteiger partial charge in [-0.2, -0.15) is 4.31 Å². The van der Waals surface area contributed by atoms with Gasteiger partial charge in [-0.25, -0.2) is 13.4 Å². The van der Waals surface area contributed by atoms with Gasteiger partial charge in [-0.1, -0.05) is 68.1 Å². The van der Waals surface area contributed by atoms with Gasteiger partial charge in [0.1, 0.15) is 6.54 Å². The lowest BCUT2D eigenvalue weighted by atomic mass is 10.2. The zero-order valence-electron chi connectivity index (χ0n) is 18.3. The average molecular weight is 473 g/mol. The summed E-state index contributed by atoms with van der Waals surface area (Å²) in [6.07, 6.45) is 0. The normalized spacial score (nSPS) is 15.5. The van der Waals surface area contributed by atoms with Crippen molar-refractivity contribution >= 4 is 38.7 Å². The third-order valence-electron chi connectivity index (χ3n) is 5.43. The predicted octanol–water partition coefficient (Wildman–Crippen LogP) is 3.21. The van der Waals surface area contributed by atoms with Crippen LogP contribution in [0.3, 0.4) is 0 Å². The van der Waals surface area contributed by atoms with Crippen molar-refractivity contribution < 1.29 is 13.2 Å². The highest BCUT2D eigenvalue weighted by Crippen LogP contribution is 2.27. The molecular formula is C23H28N4O3S2. The Kier molecular flexibility index (Phi) is 6.88. The molecule has 9 heteroatoms. The summed E-state index contributed by atoms with van der Waals surface area (Å²) < 4.78 is 29.0. The van der Waals surface area contributed by atoms with Gasteiger partial charge in [0.15, 0.2) is 5.16 Å². The second-order valence-electron chi connectivity index (χ2n) is 8.16. The fourth-order valence-corrected chi connectivity index (χ4v) is 6.21. The smallest absolute Gasteiger partial charge is 0.242 e. The minimum Gasteiger partial charge on any atom is -0.339 e. The highest BCUT2D eigenvalue weighted by atomic mass is 32.2. The van der Waals surface area contributed by atoms with E-state index in [1.54, 1.807) is 16.7 Å². The van der Waals surface area contributed by atoms with Crippen LogP contribution in [0.1, 0.15) is 19.4 Å². The molecule has 1 saturated heterocycles. The van der Waals surface area contributed by atoms with Crippen LogP contribution in [-0.4, -0.2) is 64.5 Å². The third-order valence-corrected chi connectivity index (χ3v) is 8.27. The van der Waals surface area contributed by atoms with Crippen LogP contribution < -0.4 is 0 Å². The van der Waals surface area contributed by atoms with Crippen LogP contribution in [0.4, 0.5) is 0 Å². The molecule has 0 atom stereocenters. The zero-order chi connectivity index (χ0) is 22.7. The van der Waals surface area contributed by atoms with Gasteiger partial charge in [0.05, 0.1) is 16.8 Å². The number of hydrogen-bond donors (Lipinski definition) is 0. The van der Waals surface area contributed by atoms with E-state index in [2.05, 4.69) is 13.8 Å². The molecular weight excluding hydrogens is 444 g/mol. The summed E-state index contributed by atoms with van der Waals surface area (Å²) in [5.74, 6) is -0.0302. The van der Waals surface area contributed by atoms with Gasteiger partial charge < -0.3 is 9.47 Å². The highest BCUT2D eigenvalue weighted by molar-refractivity contribution is 7.99. The van der Waals surface area contributed by atoms with Gasteiger partial charge in [-0.3, -0.25) is 4.79 Å². The van der Waals surface area contributed by atoms with Crippen LogP contribution in [0.5, 0.6) is 0 Å². The van der Waals surface area contributed by atoms with Crippen molar-refractivity contribution in [3.63, 3.8) is 0 Å². The second-order valence-corrected chi connectivity index (χ2v) is 11.7. The first kappa shape index (κ1) is 22.8. The minimum atomic E-state index is -3.41. The van der Waals surface area contributed by atoms with Crippen LogP contribution in [-0.2, 0) is 27.1 Å². The summed E-state index contributed by atoms with van der Waals surface area (Å²) in [5, 5.41) is 1.18. The number of benzene rings is 2. The van der Waals surface area contributed by atoms with Crippen LogP contribution >= 0.6 is 11.8 Å². The number of nitrogens with zero attached hydrogens (tertiary/aromatic N) is 4. The van der Waals surface area contributed by atoms with E-state index in [0.717, 1.165) is 21.8 Å².